The fourth-order valence-corrected chi connectivity index (χ4v) is 1.41. The second kappa shape index (κ2) is 4.23. The van der Waals surface area contributed by atoms with Gasteiger partial charge in [0, 0.05) is 0 Å². The summed E-state index contributed by atoms with van der Waals surface area (Å²) in [6.07, 6.45) is 0. The third-order valence-electron chi connectivity index (χ3n) is 2.34. The largest absolute Gasteiger partial charge is 0.490 e. The standard InChI is InChI=1S/C13H20O2/c1-9-6-10(2)11(3)12(7-9)15-8-13(4,5)14/h6-7,14H,8H2,1-5H3. The van der Waals surface area contributed by atoms with E-state index in [9.17, 15) is 5.11 Å². The van der Waals surface area contributed by atoms with Crippen molar-refractivity contribution in [3.8, 4) is 5.75 Å². The van der Waals surface area contributed by atoms with Crippen molar-refractivity contribution in [2.24, 2.45) is 0 Å². The Kier molecular flexibility index (Phi) is 3.40. The van der Waals surface area contributed by atoms with Crippen LogP contribution in [-0.4, -0.2) is 17.3 Å². The van der Waals surface area contributed by atoms with E-state index in [2.05, 4.69) is 13.0 Å². The van der Waals surface area contributed by atoms with E-state index in [1.165, 1.54) is 11.1 Å². The van der Waals surface area contributed by atoms with Crippen LogP contribution in [-0.2, 0) is 0 Å². The summed E-state index contributed by atoms with van der Waals surface area (Å²) in [5.74, 6) is 0.870. The Hall–Kier alpha value is -1.02. The first-order valence-corrected chi connectivity index (χ1v) is 5.22. The maximum atomic E-state index is 9.58. The Morgan fingerprint density at radius 2 is 1.80 bits per heavy atom. The van der Waals surface area contributed by atoms with Gasteiger partial charge in [-0.2, -0.15) is 0 Å². The van der Waals surface area contributed by atoms with Gasteiger partial charge in [-0.15, -0.1) is 0 Å². The van der Waals surface area contributed by atoms with Gasteiger partial charge in [0.25, 0.3) is 0 Å². The van der Waals surface area contributed by atoms with E-state index < -0.39 is 5.60 Å². The molecule has 1 aromatic carbocycles. The van der Waals surface area contributed by atoms with Crippen LogP contribution in [0.1, 0.15) is 30.5 Å². The van der Waals surface area contributed by atoms with Crippen molar-refractivity contribution in [3.63, 3.8) is 0 Å². The first-order chi connectivity index (χ1) is 6.79. The number of hydrogen-bond donors (Lipinski definition) is 1. The summed E-state index contributed by atoms with van der Waals surface area (Å²) in [6.45, 7) is 9.95. The zero-order valence-corrected chi connectivity index (χ0v) is 10.2. The van der Waals surface area contributed by atoms with Gasteiger partial charge in [-0.1, -0.05) is 6.07 Å². The van der Waals surface area contributed by atoms with Crippen LogP contribution in [0.15, 0.2) is 12.1 Å². The zero-order chi connectivity index (χ0) is 11.6. The summed E-state index contributed by atoms with van der Waals surface area (Å²) in [5.41, 5.74) is 2.76. The van der Waals surface area contributed by atoms with Gasteiger partial charge in [0.1, 0.15) is 12.4 Å². The molecule has 84 valence electrons. The molecule has 1 rings (SSSR count). The van der Waals surface area contributed by atoms with Crippen LogP contribution >= 0.6 is 0 Å². The summed E-state index contributed by atoms with van der Waals surface area (Å²) in [7, 11) is 0. The van der Waals surface area contributed by atoms with Gasteiger partial charge in [-0.05, 0) is 57.4 Å². The molecule has 0 amide bonds. The first-order valence-electron chi connectivity index (χ1n) is 5.22. The fraction of sp³-hybridized carbons (Fsp3) is 0.538. The van der Waals surface area contributed by atoms with Crippen LogP contribution in [0.3, 0.4) is 0 Å². The third-order valence-corrected chi connectivity index (χ3v) is 2.34. The molecular formula is C13H20O2. The van der Waals surface area contributed by atoms with Gasteiger partial charge >= 0.3 is 0 Å². The van der Waals surface area contributed by atoms with E-state index in [0.717, 1.165) is 11.3 Å². The van der Waals surface area contributed by atoms with E-state index in [-0.39, 0.29) is 0 Å². The molecule has 0 spiro atoms. The van der Waals surface area contributed by atoms with Crippen LogP contribution in [0.5, 0.6) is 5.75 Å². The predicted octanol–water partition coefficient (Wildman–Crippen LogP) is 2.76. The van der Waals surface area contributed by atoms with Crippen molar-refractivity contribution >= 4 is 0 Å². The average Bonchev–Trinajstić information content (AvgIpc) is 2.07. The number of benzene rings is 1. The smallest absolute Gasteiger partial charge is 0.122 e. The SMILES string of the molecule is Cc1cc(C)c(C)c(OCC(C)(C)O)c1. The monoisotopic (exact) mass is 208 g/mol. The molecule has 0 atom stereocenters. The number of hydrogen-bond acceptors (Lipinski definition) is 2. The zero-order valence-electron chi connectivity index (χ0n) is 10.2. The minimum Gasteiger partial charge on any atom is -0.490 e. The topological polar surface area (TPSA) is 29.5 Å². The average molecular weight is 208 g/mol. The molecule has 1 aromatic rings. The number of aliphatic hydroxyl groups is 1. The summed E-state index contributed by atoms with van der Waals surface area (Å²) in [4.78, 5) is 0. The van der Waals surface area contributed by atoms with E-state index in [1.807, 2.05) is 19.9 Å². The Balaban J connectivity index is 2.86. The summed E-state index contributed by atoms with van der Waals surface area (Å²) in [5, 5.41) is 9.58. The van der Waals surface area contributed by atoms with Crippen molar-refractivity contribution < 1.29 is 9.84 Å². The molecule has 0 bridgehead atoms. The molecule has 0 aliphatic heterocycles. The Morgan fingerprint density at radius 1 is 1.20 bits per heavy atom. The van der Waals surface area contributed by atoms with Gasteiger partial charge in [0.2, 0.25) is 0 Å². The Labute approximate surface area is 91.9 Å². The normalized spacial score (nSPS) is 11.6. The molecule has 1 N–H and O–H groups in total. The predicted molar refractivity (Wildman–Crippen MR) is 62.4 cm³/mol. The van der Waals surface area contributed by atoms with Crippen molar-refractivity contribution in [1.82, 2.24) is 0 Å². The maximum absolute atomic E-state index is 9.58. The molecule has 0 aliphatic rings. The minimum atomic E-state index is -0.788. The Morgan fingerprint density at radius 3 is 2.33 bits per heavy atom. The molecular weight excluding hydrogens is 188 g/mol. The lowest BCUT2D eigenvalue weighted by Gasteiger charge is -2.19. The second-order valence-corrected chi connectivity index (χ2v) is 4.81. The van der Waals surface area contributed by atoms with E-state index in [4.69, 9.17) is 4.74 Å². The molecule has 2 heteroatoms. The minimum absolute atomic E-state index is 0.316. The van der Waals surface area contributed by atoms with Crippen LogP contribution < -0.4 is 4.74 Å². The first kappa shape index (κ1) is 12.1. The van der Waals surface area contributed by atoms with Crippen LogP contribution in [0, 0.1) is 20.8 Å². The Bertz CT molecular complexity index is 348. The molecule has 0 saturated heterocycles. The molecule has 15 heavy (non-hydrogen) atoms. The molecule has 0 heterocycles. The van der Waals surface area contributed by atoms with E-state index in [1.54, 1.807) is 13.8 Å². The maximum Gasteiger partial charge on any atom is 0.122 e. The molecule has 0 aromatic heterocycles. The van der Waals surface area contributed by atoms with Crippen molar-refractivity contribution in [1.29, 1.82) is 0 Å². The van der Waals surface area contributed by atoms with Crippen molar-refractivity contribution in [2.45, 2.75) is 40.2 Å². The molecule has 0 unspecified atom stereocenters. The lowest BCUT2D eigenvalue weighted by molar-refractivity contribution is 0.0282. The van der Waals surface area contributed by atoms with Gasteiger partial charge in [-0.3, -0.25) is 0 Å². The molecule has 0 saturated carbocycles. The molecule has 0 radical (unpaired) electrons. The molecule has 0 aliphatic carbocycles. The van der Waals surface area contributed by atoms with Gasteiger partial charge in [0.15, 0.2) is 0 Å². The lowest BCUT2D eigenvalue weighted by atomic mass is 10.1. The molecule has 2 nitrogen and oxygen atoms in total. The molecule has 0 fully saturated rings. The lowest BCUT2D eigenvalue weighted by Crippen LogP contribution is -2.28. The van der Waals surface area contributed by atoms with Gasteiger partial charge < -0.3 is 9.84 Å². The van der Waals surface area contributed by atoms with Crippen molar-refractivity contribution in [3.05, 3.63) is 28.8 Å². The van der Waals surface area contributed by atoms with Crippen molar-refractivity contribution in [2.75, 3.05) is 6.61 Å². The summed E-state index contributed by atoms with van der Waals surface area (Å²) >= 11 is 0. The number of rotatable bonds is 3. The highest BCUT2D eigenvalue weighted by atomic mass is 16.5. The van der Waals surface area contributed by atoms with Crippen LogP contribution in [0.4, 0.5) is 0 Å². The third kappa shape index (κ3) is 3.56. The number of aryl methyl sites for hydroxylation is 2. The highest BCUT2D eigenvalue weighted by Crippen LogP contribution is 2.24. The summed E-state index contributed by atoms with van der Waals surface area (Å²) in [6, 6.07) is 4.14. The van der Waals surface area contributed by atoms with E-state index >= 15 is 0 Å². The van der Waals surface area contributed by atoms with Gasteiger partial charge in [0.05, 0.1) is 5.60 Å². The van der Waals surface area contributed by atoms with E-state index in [0.29, 0.717) is 6.61 Å². The fourth-order valence-electron chi connectivity index (χ4n) is 1.41. The quantitative estimate of drug-likeness (QED) is 0.827. The van der Waals surface area contributed by atoms with Crippen LogP contribution in [0.25, 0.3) is 0 Å². The second-order valence-electron chi connectivity index (χ2n) is 4.81. The highest BCUT2D eigenvalue weighted by molar-refractivity contribution is 5.41. The van der Waals surface area contributed by atoms with Gasteiger partial charge in [-0.25, -0.2) is 0 Å². The summed E-state index contributed by atoms with van der Waals surface area (Å²) < 4.78 is 5.61. The highest BCUT2D eigenvalue weighted by Gasteiger charge is 2.14. The number of ether oxygens (including phenoxy) is 1. The van der Waals surface area contributed by atoms with Crippen LogP contribution in [0.2, 0.25) is 0 Å².